The van der Waals surface area contributed by atoms with Gasteiger partial charge in [-0.05, 0) is 37.1 Å². The van der Waals surface area contributed by atoms with Gasteiger partial charge in [0, 0.05) is 6.04 Å². The Morgan fingerprint density at radius 2 is 1.88 bits per heavy atom. The number of nitrogens with zero attached hydrogens (tertiary/aromatic N) is 2. The Hall–Kier alpha value is -2.82. The Bertz CT molecular complexity index is 869. The van der Waals surface area contributed by atoms with Crippen LogP contribution < -0.4 is 10.1 Å². The Morgan fingerprint density at radius 3 is 2.68 bits per heavy atom. The first-order valence-electron chi connectivity index (χ1n) is 8.71. The van der Waals surface area contributed by atoms with E-state index in [1.807, 2.05) is 48.5 Å². The zero-order valence-electron chi connectivity index (χ0n) is 14.0. The van der Waals surface area contributed by atoms with Gasteiger partial charge < -0.3 is 14.6 Å². The van der Waals surface area contributed by atoms with Crippen molar-refractivity contribution in [2.75, 3.05) is 6.61 Å². The van der Waals surface area contributed by atoms with E-state index >= 15 is 0 Å². The smallest absolute Gasteiger partial charge is 0.223 e. The minimum Gasteiger partial charge on any atom is -0.493 e. The second-order valence-electron chi connectivity index (χ2n) is 6.31. The van der Waals surface area contributed by atoms with Crippen LogP contribution in [0, 0.1) is 0 Å². The average Bonchev–Trinajstić information content (AvgIpc) is 3.41. The Labute approximate surface area is 146 Å². The highest BCUT2D eigenvalue weighted by Gasteiger charge is 2.28. The quantitative estimate of drug-likeness (QED) is 0.719. The van der Waals surface area contributed by atoms with Crippen molar-refractivity contribution in [3.63, 3.8) is 0 Å². The van der Waals surface area contributed by atoms with Crippen molar-refractivity contribution in [2.45, 2.75) is 31.8 Å². The molecule has 3 aromatic rings. The maximum Gasteiger partial charge on any atom is 0.223 e. The molecule has 1 aliphatic rings. The third-order valence-corrected chi connectivity index (χ3v) is 4.37. The molecule has 0 bridgehead atoms. The van der Waals surface area contributed by atoms with Crippen LogP contribution in [-0.2, 0) is 11.3 Å². The van der Waals surface area contributed by atoms with Crippen molar-refractivity contribution in [1.29, 1.82) is 0 Å². The second kappa shape index (κ2) is 6.97. The van der Waals surface area contributed by atoms with Crippen molar-refractivity contribution in [3.05, 3.63) is 60.4 Å². The number of fused-ring (bicyclic) bond motifs is 1. The zero-order valence-corrected chi connectivity index (χ0v) is 14.0. The van der Waals surface area contributed by atoms with Crippen molar-refractivity contribution < 1.29 is 9.53 Å². The van der Waals surface area contributed by atoms with E-state index in [0.717, 1.165) is 22.6 Å². The van der Waals surface area contributed by atoms with Crippen LogP contribution in [0.4, 0.5) is 0 Å². The van der Waals surface area contributed by atoms with Crippen LogP contribution in [-0.4, -0.2) is 22.1 Å². The van der Waals surface area contributed by atoms with Gasteiger partial charge in [-0.2, -0.15) is 0 Å². The first-order chi connectivity index (χ1) is 12.3. The minimum atomic E-state index is -0.0228. The maximum atomic E-state index is 12.1. The average molecular weight is 335 g/mol. The van der Waals surface area contributed by atoms with E-state index in [2.05, 4.69) is 16.0 Å². The molecule has 0 unspecified atom stereocenters. The molecule has 4 rings (SSSR count). The van der Waals surface area contributed by atoms with E-state index in [1.54, 1.807) is 0 Å². The lowest BCUT2D eigenvalue weighted by molar-refractivity contribution is -0.121. The molecule has 0 aliphatic heterocycles. The van der Waals surface area contributed by atoms with E-state index in [4.69, 9.17) is 9.72 Å². The molecule has 1 fully saturated rings. The van der Waals surface area contributed by atoms with Crippen molar-refractivity contribution >= 4 is 16.9 Å². The molecule has 128 valence electrons. The van der Waals surface area contributed by atoms with Gasteiger partial charge in [0.2, 0.25) is 5.91 Å². The fourth-order valence-corrected chi connectivity index (χ4v) is 3.00. The molecule has 0 radical (unpaired) electrons. The number of para-hydroxylation sites is 3. The number of carbonyl (C=O) groups excluding carboxylic acids is 1. The lowest BCUT2D eigenvalue weighted by Gasteiger charge is -2.09. The van der Waals surface area contributed by atoms with E-state index < -0.39 is 0 Å². The fraction of sp³-hybridized carbons (Fsp3) is 0.300. The molecule has 1 aromatic heterocycles. The van der Waals surface area contributed by atoms with Gasteiger partial charge in [-0.3, -0.25) is 4.79 Å². The van der Waals surface area contributed by atoms with E-state index in [0.29, 0.717) is 25.6 Å². The van der Waals surface area contributed by atoms with Crippen LogP contribution in [0.25, 0.3) is 11.0 Å². The van der Waals surface area contributed by atoms with Crippen LogP contribution in [0.3, 0.4) is 0 Å². The lowest BCUT2D eigenvalue weighted by atomic mass is 10.3. The van der Waals surface area contributed by atoms with Gasteiger partial charge in [0.1, 0.15) is 11.6 Å². The number of benzene rings is 2. The highest BCUT2D eigenvalue weighted by atomic mass is 16.5. The third kappa shape index (κ3) is 3.65. The van der Waals surface area contributed by atoms with E-state index in [1.165, 1.54) is 12.8 Å². The summed E-state index contributed by atoms with van der Waals surface area (Å²) in [5.41, 5.74) is 2.15. The zero-order chi connectivity index (χ0) is 17.1. The molecule has 1 aliphatic carbocycles. The molecular formula is C20H21N3O2. The highest BCUT2D eigenvalue weighted by Crippen LogP contribution is 2.38. The van der Waals surface area contributed by atoms with Gasteiger partial charge in [-0.25, -0.2) is 4.98 Å². The summed E-state index contributed by atoms with van der Waals surface area (Å²) in [6.07, 6.45) is 2.71. The van der Waals surface area contributed by atoms with E-state index in [9.17, 15) is 4.79 Å². The van der Waals surface area contributed by atoms with Gasteiger partial charge in [-0.1, -0.05) is 30.3 Å². The standard InChI is InChI=1S/C20H21N3O2/c24-20(12-13-25-16-6-2-1-3-7-16)21-14-19-22-17-8-4-5-9-18(17)23(19)15-10-11-15/h1-9,15H,10-14H2,(H,21,24). The lowest BCUT2D eigenvalue weighted by Crippen LogP contribution is -2.26. The SMILES string of the molecule is O=C(CCOc1ccccc1)NCc1nc2ccccc2n1C1CC1. The number of aromatic nitrogens is 2. The highest BCUT2D eigenvalue weighted by molar-refractivity contribution is 5.77. The van der Waals surface area contributed by atoms with Crippen LogP contribution in [0.2, 0.25) is 0 Å². The van der Waals surface area contributed by atoms with Crippen LogP contribution in [0.1, 0.15) is 31.1 Å². The largest absolute Gasteiger partial charge is 0.493 e. The number of ether oxygens (including phenoxy) is 1. The first kappa shape index (κ1) is 15.7. The van der Waals surface area contributed by atoms with Gasteiger partial charge in [0.05, 0.1) is 30.6 Å². The molecule has 0 atom stereocenters. The molecule has 1 N–H and O–H groups in total. The van der Waals surface area contributed by atoms with Crippen molar-refractivity contribution in [1.82, 2.24) is 14.9 Å². The van der Waals surface area contributed by atoms with Crippen molar-refractivity contribution in [3.8, 4) is 5.75 Å². The molecule has 5 heteroatoms. The Morgan fingerprint density at radius 1 is 1.12 bits per heavy atom. The topological polar surface area (TPSA) is 56.1 Å². The van der Waals surface area contributed by atoms with E-state index in [-0.39, 0.29) is 5.91 Å². The molecule has 5 nitrogen and oxygen atoms in total. The molecule has 1 saturated carbocycles. The number of nitrogens with one attached hydrogen (secondary N) is 1. The summed E-state index contributed by atoms with van der Waals surface area (Å²) in [4.78, 5) is 16.8. The molecule has 0 spiro atoms. The first-order valence-corrected chi connectivity index (χ1v) is 8.71. The molecule has 0 saturated heterocycles. The summed E-state index contributed by atoms with van der Waals surface area (Å²) >= 11 is 0. The van der Waals surface area contributed by atoms with Crippen molar-refractivity contribution in [2.24, 2.45) is 0 Å². The number of hydrogen-bond donors (Lipinski definition) is 1. The summed E-state index contributed by atoms with van der Waals surface area (Å²) in [6, 6.07) is 18.2. The number of carbonyl (C=O) groups is 1. The third-order valence-electron chi connectivity index (χ3n) is 4.37. The predicted octanol–water partition coefficient (Wildman–Crippen LogP) is 3.46. The molecular weight excluding hydrogens is 314 g/mol. The Kier molecular flexibility index (Phi) is 4.37. The van der Waals surface area contributed by atoms with Gasteiger partial charge in [0.25, 0.3) is 0 Å². The summed E-state index contributed by atoms with van der Waals surface area (Å²) in [5.74, 6) is 1.69. The monoisotopic (exact) mass is 335 g/mol. The number of rotatable bonds is 7. The number of hydrogen-bond acceptors (Lipinski definition) is 3. The van der Waals surface area contributed by atoms with Crippen LogP contribution in [0.15, 0.2) is 54.6 Å². The molecule has 1 heterocycles. The molecule has 25 heavy (non-hydrogen) atoms. The normalized spacial score (nSPS) is 13.8. The minimum absolute atomic E-state index is 0.0228. The summed E-state index contributed by atoms with van der Waals surface area (Å²) < 4.78 is 7.84. The molecule has 1 amide bonds. The van der Waals surface area contributed by atoms with Crippen LogP contribution >= 0.6 is 0 Å². The Balaban J connectivity index is 1.34. The summed E-state index contributed by atoms with van der Waals surface area (Å²) in [6.45, 7) is 0.824. The maximum absolute atomic E-state index is 12.1. The van der Waals surface area contributed by atoms with Gasteiger partial charge in [0.15, 0.2) is 0 Å². The predicted molar refractivity (Wildman–Crippen MR) is 96.4 cm³/mol. The van der Waals surface area contributed by atoms with Gasteiger partial charge in [-0.15, -0.1) is 0 Å². The van der Waals surface area contributed by atoms with Gasteiger partial charge >= 0.3 is 0 Å². The summed E-state index contributed by atoms with van der Waals surface area (Å²) in [5, 5.41) is 2.97. The second-order valence-corrected chi connectivity index (χ2v) is 6.31. The summed E-state index contributed by atoms with van der Waals surface area (Å²) in [7, 11) is 0. The number of imidazole rings is 1. The van der Waals surface area contributed by atoms with Crippen LogP contribution in [0.5, 0.6) is 5.75 Å². The fourth-order valence-electron chi connectivity index (χ4n) is 3.00. The molecule has 2 aromatic carbocycles. The number of amides is 1.